The third-order valence-corrected chi connectivity index (χ3v) is 1.73. The molecule has 0 bridgehead atoms. The number of rotatable bonds is 7. The summed E-state index contributed by atoms with van der Waals surface area (Å²) in [6, 6.07) is 0. The van der Waals surface area contributed by atoms with Crippen LogP contribution < -0.4 is 0 Å². The fourth-order valence-electron chi connectivity index (χ4n) is 0.814. The van der Waals surface area contributed by atoms with Gasteiger partial charge in [-0.3, -0.25) is 0 Å². The molecule has 0 radical (unpaired) electrons. The maximum atomic E-state index is 5.39. The Morgan fingerprint density at radius 3 is 2.45 bits per heavy atom. The first-order valence-electron chi connectivity index (χ1n) is 4.45. The van der Waals surface area contributed by atoms with Gasteiger partial charge < -0.3 is 9.47 Å². The van der Waals surface area contributed by atoms with Gasteiger partial charge in [-0.2, -0.15) is 0 Å². The van der Waals surface area contributed by atoms with Gasteiger partial charge in [0.1, 0.15) is 0 Å². The van der Waals surface area contributed by atoms with E-state index in [0.717, 1.165) is 26.1 Å². The van der Waals surface area contributed by atoms with Gasteiger partial charge in [-0.1, -0.05) is 20.3 Å². The molecular weight excluding hydrogens is 140 g/mol. The topological polar surface area (TPSA) is 18.5 Å². The second-order valence-electron chi connectivity index (χ2n) is 2.69. The number of ether oxygens (including phenoxy) is 2. The molecule has 0 amide bonds. The summed E-state index contributed by atoms with van der Waals surface area (Å²) in [6.07, 6.45) is 3.67. The molecule has 0 rings (SSSR count). The molecule has 0 aliphatic heterocycles. The van der Waals surface area contributed by atoms with Crippen molar-refractivity contribution < 1.29 is 9.47 Å². The normalized spacial score (nSPS) is 13.4. The van der Waals surface area contributed by atoms with Crippen molar-refractivity contribution >= 4 is 0 Å². The highest BCUT2D eigenvalue weighted by atomic mass is 16.5. The predicted octanol–water partition coefficient (Wildman–Crippen LogP) is 2.23. The van der Waals surface area contributed by atoms with Crippen LogP contribution in [-0.2, 0) is 9.47 Å². The molecule has 0 aromatic rings. The Morgan fingerprint density at radius 1 is 1.27 bits per heavy atom. The van der Waals surface area contributed by atoms with Crippen LogP contribution in [0.5, 0.6) is 0 Å². The molecule has 0 saturated heterocycles. The minimum absolute atomic E-state index is 0.284. The Bertz CT molecular complexity index is 70.0. The molecule has 0 aliphatic carbocycles. The van der Waals surface area contributed by atoms with E-state index >= 15 is 0 Å². The fourth-order valence-corrected chi connectivity index (χ4v) is 0.814. The van der Waals surface area contributed by atoms with Crippen LogP contribution in [0.2, 0.25) is 0 Å². The Balaban J connectivity index is 3.07. The molecule has 0 aromatic carbocycles. The molecule has 0 aromatic heterocycles. The first kappa shape index (κ1) is 10.9. The minimum atomic E-state index is 0.284. The standard InChI is InChI=1S/C9H20O2/c1-4-6-7-11-8-9(5-2)10-3/h9H,4-8H2,1-3H3. The molecular formula is C9H20O2. The van der Waals surface area contributed by atoms with E-state index in [4.69, 9.17) is 9.47 Å². The third-order valence-electron chi connectivity index (χ3n) is 1.73. The van der Waals surface area contributed by atoms with Crippen molar-refractivity contribution in [3.05, 3.63) is 0 Å². The molecule has 0 N–H and O–H groups in total. The summed E-state index contributed by atoms with van der Waals surface area (Å²) in [5, 5.41) is 0. The van der Waals surface area contributed by atoms with E-state index in [1.54, 1.807) is 7.11 Å². The van der Waals surface area contributed by atoms with E-state index < -0.39 is 0 Å². The summed E-state index contributed by atoms with van der Waals surface area (Å²) in [4.78, 5) is 0. The largest absolute Gasteiger partial charge is 0.379 e. The fraction of sp³-hybridized carbons (Fsp3) is 1.00. The lowest BCUT2D eigenvalue weighted by molar-refractivity contribution is 0.00617. The third kappa shape index (κ3) is 6.32. The van der Waals surface area contributed by atoms with E-state index in [1.807, 2.05) is 0 Å². The first-order valence-corrected chi connectivity index (χ1v) is 4.45. The van der Waals surface area contributed by atoms with Crippen molar-refractivity contribution in [1.82, 2.24) is 0 Å². The lowest BCUT2D eigenvalue weighted by Crippen LogP contribution is -2.17. The lowest BCUT2D eigenvalue weighted by Gasteiger charge is -2.12. The summed E-state index contributed by atoms with van der Waals surface area (Å²) in [5.74, 6) is 0. The Hall–Kier alpha value is -0.0800. The van der Waals surface area contributed by atoms with Crippen molar-refractivity contribution in [1.29, 1.82) is 0 Å². The molecule has 0 aliphatic rings. The molecule has 2 nitrogen and oxygen atoms in total. The average Bonchev–Trinajstić information content (AvgIpc) is 2.05. The molecule has 0 spiro atoms. The zero-order chi connectivity index (χ0) is 8.53. The van der Waals surface area contributed by atoms with Crippen LogP contribution in [0.4, 0.5) is 0 Å². The highest BCUT2D eigenvalue weighted by Gasteiger charge is 2.02. The van der Waals surface area contributed by atoms with Gasteiger partial charge in [0.2, 0.25) is 0 Å². The number of methoxy groups -OCH3 is 1. The molecule has 1 unspecified atom stereocenters. The van der Waals surface area contributed by atoms with Crippen LogP contribution in [0.25, 0.3) is 0 Å². The quantitative estimate of drug-likeness (QED) is 0.532. The van der Waals surface area contributed by atoms with Crippen molar-refractivity contribution in [2.75, 3.05) is 20.3 Å². The van der Waals surface area contributed by atoms with Crippen LogP contribution in [-0.4, -0.2) is 26.4 Å². The second kappa shape index (κ2) is 8.02. The monoisotopic (exact) mass is 160 g/mol. The molecule has 0 saturated carbocycles. The van der Waals surface area contributed by atoms with Gasteiger partial charge in [0.15, 0.2) is 0 Å². The lowest BCUT2D eigenvalue weighted by atomic mass is 10.3. The van der Waals surface area contributed by atoms with Crippen LogP contribution >= 0.6 is 0 Å². The van der Waals surface area contributed by atoms with Gasteiger partial charge >= 0.3 is 0 Å². The maximum Gasteiger partial charge on any atom is 0.0802 e. The van der Waals surface area contributed by atoms with E-state index in [0.29, 0.717) is 0 Å². The molecule has 1 atom stereocenters. The smallest absolute Gasteiger partial charge is 0.0802 e. The molecule has 11 heavy (non-hydrogen) atoms. The van der Waals surface area contributed by atoms with Gasteiger partial charge in [0.05, 0.1) is 12.7 Å². The Morgan fingerprint density at radius 2 is 2.00 bits per heavy atom. The van der Waals surface area contributed by atoms with Gasteiger partial charge in [0, 0.05) is 13.7 Å². The van der Waals surface area contributed by atoms with Gasteiger partial charge in [-0.05, 0) is 12.8 Å². The minimum Gasteiger partial charge on any atom is -0.379 e. The first-order chi connectivity index (χ1) is 5.35. The highest BCUT2D eigenvalue weighted by Crippen LogP contribution is 1.97. The zero-order valence-electron chi connectivity index (χ0n) is 7.93. The van der Waals surface area contributed by atoms with E-state index in [-0.39, 0.29) is 6.10 Å². The Kier molecular flexibility index (Phi) is 7.96. The predicted molar refractivity (Wildman–Crippen MR) is 46.8 cm³/mol. The SMILES string of the molecule is CCCCOCC(CC)OC. The second-order valence-corrected chi connectivity index (χ2v) is 2.69. The van der Waals surface area contributed by atoms with Gasteiger partial charge in [0.25, 0.3) is 0 Å². The number of hydrogen-bond acceptors (Lipinski definition) is 2. The Labute approximate surface area is 69.9 Å². The van der Waals surface area contributed by atoms with E-state index in [9.17, 15) is 0 Å². The van der Waals surface area contributed by atoms with Crippen LogP contribution in [0, 0.1) is 0 Å². The molecule has 0 fully saturated rings. The van der Waals surface area contributed by atoms with Crippen molar-refractivity contribution in [2.24, 2.45) is 0 Å². The summed E-state index contributed by atoms with van der Waals surface area (Å²) in [6.45, 7) is 5.89. The summed E-state index contributed by atoms with van der Waals surface area (Å²) in [7, 11) is 1.73. The molecule has 0 heterocycles. The van der Waals surface area contributed by atoms with Crippen LogP contribution in [0.1, 0.15) is 33.1 Å². The molecule has 2 heteroatoms. The highest BCUT2D eigenvalue weighted by molar-refractivity contribution is 4.51. The van der Waals surface area contributed by atoms with E-state index in [1.165, 1.54) is 6.42 Å². The van der Waals surface area contributed by atoms with Crippen molar-refractivity contribution in [3.63, 3.8) is 0 Å². The maximum absolute atomic E-state index is 5.39. The average molecular weight is 160 g/mol. The number of unbranched alkanes of at least 4 members (excludes halogenated alkanes) is 1. The van der Waals surface area contributed by atoms with Gasteiger partial charge in [-0.15, -0.1) is 0 Å². The number of hydrogen-bond donors (Lipinski definition) is 0. The summed E-state index contributed by atoms with van der Waals surface area (Å²) in [5.41, 5.74) is 0. The van der Waals surface area contributed by atoms with Crippen LogP contribution in [0.3, 0.4) is 0 Å². The van der Waals surface area contributed by atoms with Gasteiger partial charge in [-0.25, -0.2) is 0 Å². The van der Waals surface area contributed by atoms with E-state index in [2.05, 4.69) is 13.8 Å². The summed E-state index contributed by atoms with van der Waals surface area (Å²) < 4.78 is 10.5. The zero-order valence-corrected chi connectivity index (χ0v) is 7.93. The summed E-state index contributed by atoms with van der Waals surface area (Å²) >= 11 is 0. The van der Waals surface area contributed by atoms with Crippen LogP contribution in [0.15, 0.2) is 0 Å². The van der Waals surface area contributed by atoms with Crippen molar-refractivity contribution in [3.8, 4) is 0 Å². The van der Waals surface area contributed by atoms with Crippen molar-refractivity contribution in [2.45, 2.75) is 39.2 Å². The molecule has 68 valence electrons.